The Morgan fingerprint density at radius 3 is 2.52 bits per heavy atom. The quantitative estimate of drug-likeness (QED) is 0.747. The Labute approximate surface area is 151 Å². The Bertz CT molecular complexity index is 721. The SMILES string of the molecule is Cc1noc(C)c1CSCC(=O)Nc1ccc(CC(C)C(=O)O)cc1. The molecule has 1 aromatic heterocycles. The van der Waals surface area contributed by atoms with Crippen LogP contribution < -0.4 is 5.32 Å². The molecule has 25 heavy (non-hydrogen) atoms. The van der Waals surface area contributed by atoms with Crippen molar-refractivity contribution in [3.05, 3.63) is 46.8 Å². The number of carboxylic acid groups (broad SMARTS) is 1. The maximum atomic E-state index is 12.0. The highest BCUT2D eigenvalue weighted by Crippen LogP contribution is 2.20. The highest BCUT2D eigenvalue weighted by atomic mass is 32.2. The molecule has 0 fully saturated rings. The number of benzene rings is 1. The average Bonchev–Trinajstić information content (AvgIpc) is 2.88. The molecule has 0 saturated heterocycles. The molecular weight excluding hydrogens is 340 g/mol. The van der Waals surface area contributed by atoms with Crippen molar-refractivity contribution in [2.45, 2.75) is 32.9 Å². The number of rotatable bonds is 8. The summed E-state index contributed by atoms with van der Waals surface area (Å²) in [6.45, 7) is 5.43. The van der Waals surface area contributed by atoms with E-state index in [-0.39, 0.29) is 5.91 Å². The number of amides is 1. The topological polar surface area (TPSA) is 92.4 Å². The van der Waals surface area contributed by atoms with Crippen LogP contribution >= 0.6 is 11.8 Å². The molecule has 1 unspecified atom stereocenters. The van der Waals surface area contributed by atoms with Gasteiger partial charge in [0.15, 0.2) is 0 Å². The third-order valence-corrected chi connectivity index (χ3v) is 4.82. The Morgan fingerprint density at radius 1 is 1.28 bits per heavy atom. The summed E-state index contributed by atoms with van der Waals surface area (Å²) in [5, 5.41) is 15.7. The third-order valence-electron chi connectivity index (χ3n) is 3.86. The number of anilines is 1. The number of hydrogen-bond acceptors (Lipinski definition) is 5. The van der Waals surface area contributed by atoms with Crippen molar-refractivity contribution in [1.29, 1.82) is 0 Å². The van der Waals surface area contributed by atoms with Crippen molar-refractivity contribution in [1.82, 2.24) is 5.16 Å². The molecule has 0 aliphatic heterocycles. The van der Waals surface area contributed by atoms with E-state index in [9.17, 15) is 9.59 Å². The molecule has 0 aliphatic carbocycles. The van der Waals surface area contributed by atoms with Gasteiger partial charge in [-0.2, -0.15) is 0 Å². The molecule has 0 spiro atoms. The van der Waals surface area contributed by atoms with Gasteiger partial charge in [0, 0.05) is 17.0 Å². The summed E-state index contributed by atoms with van der Waals surface area (Å²) in [5.41, 5.74) is 3.53. The van der Waals surface area contributed by atoms with E-state index >= 15 is 0 Å². The number of thioether (sulfide) groups is 1. The fraction of sp³-hybridized carbons (Fsp3) is 0.389. The average molecular weight is 362 g/mol. The van der Waals surface area contributed by atoms with Crippen molar-refractivity contribution in [2.24, 2.45) is 5.92 Å². The number of nitrogens with one attached hydrogen (secondary N) is 1. The van der Waals surface area contributed by atoms with Gasteiger partial charge in [-0.15, -0.1) is 11.8 Å². The lowest BCUT2D eigenvalue weighted by Crippen LogP contribution is -2.14. The van der Waals surface area contributed by atoms with Gasteiger partial charge in [0.25, 0.3) is 0 Å². The Kier molecular flexibility index (Phi) is 6.64. The van der Waals surface area contributed by atoms with Gasteiger partial charge in [0.1, 0.15) is 5.76 Å². The fourth-order valence-electron chi connectivity index (χ4n) is 2.32. The summed E-state index contributed by atoms with van der Waals surface area (Å²) in [5.74, 6) is 0.483. The number of carbonyl (C=O) groups is 2. The van der Waals surface area contributed by atoms with Crippen molar-refractivity contribution in [3.8, 4) is 0 Å². The molecule has 2 aromatic rings. The molecule has 7 heteroatoms. The zero-order valence-electron chi connectivity index (χ0n) is 14.5. The molecule has 1 aromatic carbocycles. The third kappa shape index (κ3) is 5.63. The van der Waals surface area contributed by atoms with Crippen LogP contribution in [0.1, 0.15) is 29.5 Å². The van der Waals surface area contributed by atoms with Gasteiger partial charge in [-0.25, -0.2) is 0 Å². The molecule has 1 amide bonds. The Morgan fingerprint density at radius 2 is 1.96 bits per heavy atom. The predicted molar refractivity (Wildman–Crippen MR) is 97.7 cm³/mol. The minimum Gasteiger partial charge on any atom is -0.481 e. The van der Waals surface area contributed by atoms with Gasteiger partial charge in [0.2, 0.25) is 5.91 Å². The molecule has 2 N–H and O–H groups in total. The van der Waals surface area contributed by atoms with Crippen LogP contribution in [0.5, 0.6) is 0 Å². The monoisotopic (exact) mass is 362 g/mol. The summed E-state index contributed by atoms with van der Waals surface area (Å²) in [7, 11) is 0. The zero-order valence-corrected chi connectivity index (χ0v) is 15.4. The van der Waals surface area contributed by atoms with E-state index < -0.39 is 11.9 Å². The first-order valence-corrected chi connectivity index (χ1v) is 9.13. The largest absolute Gasteiger partial charge is 0.481 e. The number of carbonyl (C=O) groups excluding carboxylic acids is 1. The minimum absolute atomic E-state index is 0.0802. The zero-order chi connectivity index (χ0) is 18.4. The lowest BCUT2D eigenvalue weighted by atomic mass is 10.0. The standard InChI is InChI=1S/C18H22N2O4S/c1-11(18(22)23)8-14-4-6-15(7-5-14)19-17(21)10-25-9-16-12(2)20-24-13(16)3/h4-7,11H,8-10H2,1-3H3,(H,19,21)(H,22,23). The normalized spacial score (nSPS) is 12.0. The second-order valence-corrected chi connectivity index (χ2v) is 6.97. The van der Waals surface area contributed by atoms with Crippen LogP contribution in [0.4, 0.5) is 5.69 Å². The highest BCUT2D eigenvalue weighted by molar-refractivity contribution is 7.99. The lowest BCUT2D eigenvalue weighted by Gasteiger charge is -2.08. The molecule has 1 heterocycles. The first-order valence-electron chi connectivity index (χ1n) is 7.98. The van der Waals surface area contributed by atoms with Crippen LogP contribution in [-0.2, 0) is 21.8 Å². The van der Waals surface area contributed by atoms with Gasteiger partial charge >= 0.3 is 5.97 Å². The smallest absolute Gasteiger partial charge is 0.306 e. The summed E-state index contributed by atoms with van der Waals surface area (Å²) < 4.78 is 5.10. The van der Waals surface area contributed by atoms with Crippen LogP contribution in [0.2, 0.25) is 0 Å². The van der Waals surface area contributed by atoms with E-state index in [1.807, 2.05) is 26.0 Å². The van der Waals surface area contributed by atoms with E-state index in [1.165, 1.54) is 11.8 Å². The lowest BCUT2D eigenvalue weighted by molar-refractivity contribution is -0.141. The first kappa shape index (κ1) is 19.1. The first-order chi connectivity index (χ1) is 11.9. The van der Waals surface area contributed by atoms with Gasteiger partial charge in [-0.1, -0.05) is 24.2 Å². The van der Waals surface area contributed by atoms with Crippen LogP contribution in [-0.4, -0.2) is 27.9 Å². The Hall–Kier alpha value is -2.28. The summed E-state index contributed by atoms with van der Waals surface area (Å²) >= 11 is 1.50. The van der Waals surface area contributed by atoms with Gasteiger partial charge in [-0.3, -0.25) is 9.59 Å². The predicted octanol–water partition coefficient (Wildman–Crippen LogP) is 3.43. The number of nitrogens with zero attached hydrogens (tertiary/aromatic N) is 1. The van der Waals surface area contributed by atoms with Crippen molar-refractivity contribution in [3.63, 3.8) is 0 Å². The molecule has 6 nitrogen and oxygen atoms in total. The molecule has 1 atom stereocenters. The van der Waals surface area contributed by atoms with Crippen molar-refractivity contribution < 1.29 is 19.2 Å². The number of aliphatic carboxylic acids is 1. The van der Waals surface area contributed by atoms with E-state index in [2.05, 4.69) is 10.5 Å². The molecule has 0 radical (unpaired) electrons. The van der Waals surface area contributed by atoms with Crippen molar-refractivity contribution >= 4 is 29.3 Å². The summed E-state index contributed by atoms with van der Waals surface area (Å²) in [4.78, 5) is 22.9. The van der Waals surface area contributed by atoms with Crippen molar-refractivity contribution in [2.75, 3.05) is 11.1 Å². The highest BCUT2D eigenvalue weighted by Gasteiger charge is 2.12. The van der Waals surface area contributed by atoms with Crippen LogP contribution in [0, 0.1) is 19.8 Å². The number of hydrogen-bond donors (Lipinski definition) is 2. The maximum Gasteiger partial charge on any atom is 0.306 e. The fourth-order valence-corrected chi connectivity index (χ4v) is 3.29. The van der Waals surface area contributed by atoms with Crippen LogP contribution in [0.3, 0.4) is 0 Å². The van der Waals surface area contributed by atoms with Gasteiger partial charge < -0.3 is 14.9 Å². The molecule has 0 saturated carbocycles. The molecule has 2 rings (SSSR count). The molecular formula is C18H22N2O4S. The maximum absolute atomic E-state index is 12.0. The number of carboxylic acids is 1. The van der Waals surface area contributed by atoms with Gasteiger partial charge in [0.05, 0.1) is 17.4 Å². The number of aryl methyl sites for hydroxylation is 2. The van der Waals surface area contributed by atoms with Crippen LogP contribution in [0.25, 0.3) is 0 Å². The number of aromatic nitrogens is 1. The summed E-state index contributed by atoms with van der Waals surface area (Å²) in [6.07, 6.45) is 0.469. The van der Waals surface area contributed by atoms with E-state index in [0.29, 0.717) is 23.6 Å². The minimum atomic E-state index is -0.812. The van der Waals surface area contributed by atoms with Crippen LogP contribution in [0.15, 0.2) is 28.8 Å². The van der Waals surface area contributed by atoms with E-state index in [1.54, 1.807) is 19.1 Å². The van der Waals surface area contributed by atoms with E-state index in [0.717, 1.165) is 22.6 Å². The molecule has 0 bridgehead atoms. The Balaban J connectivity index is 1.79. The molecule has 134 valence electrons. The van der Waals surface area contributed by atoms with E-state index in [4.69, 9.17) is 9.63 Å². The molecule has 0 aliphatic rings. The second kappa shape index (κ2) is 8.71. The second-order valence-electron chi connectivity index (χ2n) is 5.98. The summed E-state index contributed by atoms with van der Waals surface area (Å²) in [6, 6.07) is 7.26. The van der Waals surface area contributed by atoms with Gasteiger partial charge in [-0.05, 0) is 38.0 Å².